The summed E-state index contributed by atoms with van der Waals surface area (Å²) in [6, 6.07) is 3.01. The van der Waals surface area contributed by atoms with Crippen LogP contribution in [-0.4, -0.2) is 46.5 Å². The Morgan fingerprint density at radius 1 is 1.33 bits per heavy atom. The summed E-state index contributed by atoms with van der Waals surface area (Å²) in [4.78, 5) is 13.8. The monoisotopic (exact) mass is 333 g/mol. The average molecular weight is 334 g/mol. The van der Waals surface area contributed by atoms with E-state index in [4.69, 9.17) is 15.4 Å². The van der Waals surface area contributed by atoms with Gasteiger partial charge in [0.1, 0.15) is 0 Å². The van der Waals surface area contributed by atoms with Crippen molar-refractivity contribution >= 4 is 25.6 Å². The summed E-state index contributed by atoms with van der Waals surface area (Å²) in [5, 5.41) is 0. The molecule has 1 aromatic carbocycles. The Morgan fingerprint density at radius 2 is 1.95 bits per heavy atom. The molecule has 118 valence electrons. The van der Waals surface area contributed by atoms with Gasteiger partial charge >= 0.3 is 0 Å². The van der Waals surface area contributed by atoms with E-state index in [2.05, 4.69) is 0 Å². The van der Waals surface area contributed by atoms with E-state index in [1.54, 1.807) is 34.1 Å². The van der Waals surface area contributed by atoms with Crippen LogP contribution in [0.4, 0.5) is 0 Å². The second-order valence-corrected chi connectivity index (χ2v) is 7.46. The molecule has 0 saturated heterocycles. The van der Waals surface area contributed by atoms with Crippen LogP contribution in [0, 0.1) is 13.8 Å². The molecule has 1 rings (SSSR count). The van der Waals surface area contributed by atoms with Crippen molar-refractivity contribution in [2.24, 2.45) is 0 Å². The number of aryl methyl sites for hydroxylation is 1. The quantitative estimate of drug-likeness (QED) is 0.592. The Bertz CT molecular complexity index is 628. The van der Waals surface area contributed by atoms with E-state index in [1.165, 1.54) is 11.0 Å². The summed E-state index contributed by atoms with van der Waals surface area (Å²) < 4.78 is 28.1. The van der Waals surface area contributed by atoms with Gasteiger partial charge in [-0.3, -0.25) is 4.79 Å². The van der Waals surface area contributed by atoms with E-state index in [9.17, 15) is 13.2 Å². The number of hydrogen-bond donors (Lipinski definition) is 0. The third kappa shape index (κ3) is 4.69. The van der Waals surface area contributed by atoms with Crippen LogP contribution in [0.25, 0.3) is 0 Å². The number of methoxy groups -OCH3 is 1. The molecule has 7 heteroatoms. The van der Waals surface area contributed by atoms with Crippen LogP contribution in [0.15, 0.2) is 17.0 Å². The van der Waals surface area contributed by atoms with Crippen molar-refractivity contribution < 1.29 is 17.9 Å². The van der Waals surface area contributed by atoms with Gasteiger partial charge < -0.3 is 9.64 Å². The van der Waals surface area contributed by atoms with Crippen molar-refractivity contribution in [3.8, 4) is 0 Å². The highest BCUT2D eigenvalue weighted by molar-refractivity contribution is 8.13. The molecule has 0 atom stereocenters. The largest absolute Gasteiger partial charge is 0.385 e. The second kappa shape index (κ2) is 7.24. The van der Waals surface area contributed by atoms with Crippen LogP contribution < -0.4 is 0 Å². The van der Waals surface area contributed by atoms with Crippen LogP contribution in [0.2, 0.25) is 0 Å². The third-order valence-electron chi connectivity index (χ3n) is 3.32. The molecule has 5 nitrogen and oxygen atoms in total. The van der Waals surface area contributed by atoms with Crippen LogP contribution in [0.3, 0.4) is 0 Å². The van der Waals surface area contributed by atoms with Gasteiger partial charge in [-0.15, -0.1) is 0 Å². The normalized spacial score (nSPS) is 11.5. The van der Waals surface area contributed by atoms with Crippen LogP contribution in [0.5, 0.6) is 0 Å². The third-order valence-corrected chi connectivity index (χ3v) is 4.77. The highest BCUT2D eigenvalue weighted by Gasteiger charge is 2.20. The van der Waals surface area contributed by atoms with Gasteiger partial charge in [-0.25, -0.2) is 8.42 Å². The highest BCUT2D eigenvalue weighted by atomic mass is 35.7. The van der Waals surface area contributed by atoms with Crippen LogP contribution in [-0.2, 0) is 13.8 Å². The Labute approximate surface area is 130 Å². The maximum absolute atomic E-state index is 12.3. The van der Waals surface area contributed by atoms with Gasteiger partial charge in [0.2, 0.25) is 0 Å². The predicted octanol–water partition coefficient (Wildman–Crippen LogP) is 2.34. The molecule has 21 heavy (non-hydrogen) atoms. The van der Waals surface area contributed by atoms with Crippen molar-refractivity contribution in [2.75, 3.05) is 27.3 Å². The van der Waals surface area contributed by atoms with Gasteiger partial charge in [-0.2, -0.15) is 0 Å². The van der Waals surface area contributed by atoms with E-state index >= 15 is 0 Å². The maximum Gasteiger partial charge on any atom is 0.261 e. The summed E-state index contributed by atoms with van der Waals surface area (Å²) in [7, 11) is 4.82. The summed E-state index contributed by atoms with van der Waals surface area (Å²) >= 11 is 0. The van der Waals surface area contributed by atoms with Gasteiger partial charge in [-0.1, -0.05) is 0 Å². The molecule has 0 aliphatic carbocycles. The molecule has 0 unspecified atom stereocenters. The predicted molar refractivity (Wildman–Crippen MR) is 82.4 cm³/mol. The molecule has 0 radical (unpaired) electrons. The minimum atomic E-state index is -3.88. The van der Waals surface area contributed by atoms with Gasteiger partial charge in [0.05, 0.1) is 4.90 Å². The molecule has 0 spiro atoms. The first-order chi connectivity index (χ1) is 9.68. The van der Waals surface area contributed by atoms with Gasteiger partial charge in [0.15, 0.2) is 0 Å². The highest BCUT2D eigenvalue weighted by Crippen LogP contribution is 2.24. The fraction of sp³-hybridized carbons (Fsp3) is 0.500. The first kappa shape index (κ1) is 17.9. The zero-order valence-electron chi connectivity index (χ0n) is 12.6. The van der Waals surface area contributed by atoms with Crippen molar-refractivity contribution in [1.29, 1.82) is 0 Å². The Morgan fingerprint density at radius 3 is 2.48 bits per heavy atom. The molecular weight excluding hydrogens is 314 g/mol. The van der Waals surface area contributed by atoms with E-state index in [0.717, 1.165) is 0 Å². The number of amides is 1. The zero-order valence-corrected chi connectivity index (χ0v) is 14.2. The fourth-order valence-corrected chi connectivity index (χ4v) is 3.25. The lowest BCUT2D eigenvalue weighted by atomic mass is 10.1. The van der Waals surface area contributed by atoms with Crippen molar-refractivity contribution in [3.05, 3.63) is 28.8 Å². The first-order valence-electron chi connectivity index (χ1n) is 6.48. The Kier molecular flexibility index (Phi) is 6.19. The summed E-state index contributed by atoms with van der Waals surface area (Å²) in [5.74, 6) is -0.240. The SMILES string of the molecule is COCCCN(C)C(=O)c1cc(C)c(C)c(S(=O)(=O)Cl)c1. The average Bonchev–Trinajstić information content (AvgIpc) is 2.39. The number of nitrogens with zero attached hydrogens (tertiary/aromatic N) is 1. The lowest BCUT2D eigenvalue weighted by Crippen LogP contribution is -2.28. The van der Waals surface area contributed by atoms with E-state index < -0.39 is 9.05 Å². The number of carbonyl (C=O) groups is 1. The van der Waals surface area contributed by atoms with Crippen LogP contribution in [0.1, 0.15) is 27.9 Å². The van der Waals surface area contributed by atoms with Crippen molar-refractivity contribution in [1.82, 2.24) is 4.90 Å². The molecule has 1 aromatic rings. The molecular formula is C14H20ClNO4S. The molecule has 0 fully saturated rings. The number of hydrogen-bond acceptors (Lipinski definition) is 4. The number of rotatable bonds is 6. The molecule has 0 heterocycles. The van der Waals surface area contributed by atoms with Gasteiger partial charge in [0.25, 0.3) is 15.0 Å². The summed E-state index contributed by atoms with van der Waals surface area (Å²) in [5.41, 5.74) is 1.59. The topological polar surface area (TPSA) is 63.7 Å². The van der Waals surface area contributed by atoms with Crippen molar-refractivity contribution in [2.45, 2.75) is 25.2 Å². The number of carbonyl (C=O) groups excluding carboxylic acids is 1. The first-order valence-corrected chi connectivity index (χ1v) is 8.79. The molecule has 0 bridgehead atoms. The van der Waals surface area contributed by atoms with Crippen LogP contribution >= 0.6 is 10.7 Å². The lowest BCUT2D eigenvalue weighted by molar-refractivity contribution is 0.0779. The molecule has 0 aliphatic heterocycles. The number of ether oxygens (including phenoxy) is 1. The standard InChI is InChI=1S/C14H20ClNO4S/c1-10-8-12(9-13(11(10)2)21(15,18)19)14(17)16(3)6-5-7-20-4/h8-9H,5-7H2,1-4H3. The summed E-state index contributed by atoms with van der Waals surface area (Å²) in [6.45, 7) is 4.51. The van der Waals surface area contributed by atoms with Crippen molar-refractivity contribution in [3.63, 3.8) is 0 Å². The molecule has 0 N–H and O–H groups in total. The van der Waals surface area contributed by atoms with E-state index in [0.29, 0.717) is 36.3 Å². The fourth-order valence-electron chi connectivity index (χ4n) is 1.97. The Hall–Kier alpha value is -1.11. The van der Waals surface area contributed by atoms with Gasteiger partial charge in [0, 0.05) is 43.6 Å². The van der Waals surface area contributed by atoms with E-state index in [1.807, 2.05) is 0 Å². The molecule has 0 aromatic heterocycles. The zero-order chi connectivity index (χ0) is 16.2. The van der Waals surface area contributed by atoms with E-state index in [-0.39, 0.29) is 10.8 Å². The number of halogens is 1. The smallest absolute Gasteiger partial charge is 0.261 e. The maximum atomic E-state index is 12.3. The number of benzene rings is 1. The minimum absolute atomic E-state index is 0.0159. The van der Waals surface area contributed by atoms with Gasteiger partial charge in [-0.05, 0) is 43.5 Å². The molecule has 0 saturated carbocycles. The molecule has 0 aliphatic rings. The molecule has 1 amide bonds. The Balaban J connectivity index is 3.09. The second-order valence-electron chi connectivity index (χ2n) is 4.93. The lowest BCUT2D eigenvalue weighted by Gasteiger charge is -2.18. The minimum Gasteiger partial charge on any atom is -0.385 e. The summed E-state index contributed by atoms with van der Waals surface area (Å²) in [6.07, 6.45) is 0.713.